The molecule has 0 fully saturated rings. The summed E-state index contributed by atoms with van der Waals surface area (Å²) < 4.78 is 1.99. The number of hydrogen-bond donors (Lipinski definition) is 1. The van der Waals surface area contributed by atoms with Crippen LogP contribution in [0.4, 0.5) is 5.69 Å². The van der Waals surface area contributed by atoms with Crippen molar-refractivity contribution < 1.29 is 0 Å². The summed E-state index contributed by atoms with van der Waals surface area (Å²) in [5, 5.41) is 5.45. The van der Waals surface area contributed by atoms with Gasteiger partial charge < -0.3 is 9.88 Å². The summed E-state index contributed by atoms with van der Waals surface area (Å²) in [4.78, 5) is 8.33. The van der Waals surface area contributed by atoms with Crippen LogP contribution < -0.4 is 5.32 Å². The van der Waals surface area contributed by atoms with Crippen LogP contribution in [-0.4, -0.2) is 14.5 Å². The molecule has 18 heavy (non-hydrogen) atoms. The molecule has 0 unspecified atom stereocenters. The molecule has 1 aromatic carbocycles. The lowest BCUT2D eigenvalue weighted by Crippen LogP contribution is -2.03. The molecule has 0 amide bonds. The molecule has 3 aromatic rings. The molecule has 0 radical (unpaired) electrons. The van der Waals surface area contributed by atoms with E-state index in [4.69, 9.17) is 0 Å². The van der Waals surface area contributed by atoms with Crippen molar-refractivity contribution in [2.75, 3.05) is 5.32 Å². The molecule has 1 N–H and O–H groups in total. The Hall–Kier alpha value is -2.14. The molecule has 4 nitrogen and oxygen atoms in total. The van der Waals surface area contributed by atoms with E-state index in [0.717, 1.165) is 23.6 Å². The molecule has 3 rings (SSSR count). The van der Waals surface area contributed by atoms with E-state index in [0.29, 0.717) is 0 Å². The molecule has 2 aromatic heterocycles. The van der Waals surface area contributed by atoms with Gasteiger partial charge in [-0.1, -0.05) is 12.1 Å². The summed E-state index contributed by atoms with van der Waals surface area (Å²) >= 11 is 1.61. The van der Waals surface area contributed by atoms with Crippen LogP contribution in [-0.2, 0) is 6.54 Å². The quantitative estimate of drug-likeness (QED) is 0.780. The van der Waals surface area contributed by atoms with E-state index >= 15 is 0 Å². The first-order valence-corrected chi connectivity index (χ1v) is 6.56. The van der Waals surface area contributed by atoms with Gasteiger partial charge in [0.05, 0.1) is 35.5 Å². The summed E-state index contributed by atoms with van der Waals surface area (Å²) in [5.74, 6) is 0. The molecule has 0 bridgehead atoms. The summed E-state index contributed by atoms with van der Waals surface area (Å²) in [6.07, 6.45) is 5.50. The predicted molar refractivity (Wildman–Crippen MR) is 73.0 cm³/mol. The molecular formula is C13H12N4S. The molecule has 0 aliphatic heterocycles. The third-order valence-corrected chi connectivity index (χ3v) is 3.27. The maximum Gasteiger partial charge on any atom is 0.0992 e. The minimum absolute atomic E-state index is 0.731. The SMILES string of the molecule is c1ccc(-n2ccnc2)c(NCc2cscn2)c1. The lowest BCUT2D eigenvalue weighted by atomic mass is 10.2. The Kier molecular flexibility index (Phi) is 3.06. The maximum atomic E-state index is 4.26. The lowest BCUT2D eigenvalue weighted by Gasteiger charge is -2.11. The fourth-order valence-corrected chi connectivity index (χ4v) is 2.32. The second-order valence-corrected chi connectivity index (χ2v) is 4.54. The lowest BCUT2D eigenvalue weighted by molar-refractivity contribution is 1.03. The van der Waals surface area contributed by atoms with Gasteiger partial charge in [0, 0.05) is 17.8 Å². The Bertz CT molecular complexity index is 602. The molecule has 5 heteroatoms. The average molecular weight is 256 g/mol. The summed E-state index contributed by atoms with van der Waals surface area (Å²) in [6, 6.07) is 8.15. The van der Waals surface area contributed by atoms with Crippen LogP contribution in [0.2, 0.25) is 0 Å². The van der Waals surface area contributed by atoms with Crippen molar-refractivity contribution in [3.05, 3.63) is 59.6 Å². The number of nitrogens with one attached hydrogen (secondary N) is 1. The summed E-state index contributed by atoms with van der Waals surface area (Å²) in [5.41, 5.74) is 5.06. The monoisotopic (exact) mass is 256 g/mol. The predicted octanol–water partition coefficient (Wildman–Crippen LogP) is 2.94. The number of aromatic nitrogens is 3. The minimum atomic E-state index is 0.731. The number of benzene rings is 1. The molecule has 0 aliphatic carbocycles. The van der Waals surface area contributed by atoms with Crippen molar-refractivity contribution >= 4 is 17.0 Å². The molecule has 0 atom stereocenters. The van der Waals surface area contributed by atoms with E-state index in [9.17, 15) is 0 Å². The van der Waals surface area contributed by atoms with Crippen LogP contribution in [0.5, 0.6) is 0 Å². The van der Waals surface area contributed by atoms with Gasteiger partial charge in [0.25, 0.3) is 0 Å². The van der Waals surface area contributed by atoms with Gasteiger partial charge in [0.15, 0.2) is 0 Å². The third-order valence-electron chi connectivity index (χ3n) is 2.63. The third kappa shape index (κ3) is 2.26. The van der Waals surface area contributed by atoms with Crippen LogP contribution in [0.25, 0.3) is 5.69 Å². The molecule has 0 saturated heterocycles. The Morgan fingerprint density at radius 2 is 2.22 bits per heavy atom. The summed E-state index contributed by atoms with van der Waals surface area (Å²) in [7, 11) is 0. The normalized spacial score (nSPS) is 10.4. The van der Waals surface area contributed by atoms with Crippen molar-refractivity contribution in [1.82, 2.24) is 14.5 Å². The average Bonchev–Trinajstić information content (AvgIpc) is 3.10. The maximum absolute atomic E-state index is 4.26. The Balaban J connectivity index is 1.84. The van der Waals surface area contributed by atoms with Gasteiger partial charge in [-0.05, 0) is 12.1 Å². The van der Waals surface area contributed by atoms with Crippen molar-refractivity contribution in [3.63, 3.8) is 0 Å². The van der Waals surface area contributed by atoms with E-state index in [1.165, 1.54) is 0 Å². The second-order valence-electron chi connectivity index (χ2n) is 3.82. The first kappa shape index (κ1) is 11.0. The highest BCUT2D eigenvalue weighted by molar-refractivity contribution is 7.07. The Labute approximate surface area is 109 Å². The fraction of sp³-hybridized carbons (Fsp3) is 0.0769. The molecule has 2 heterocycles. The topological polar surface area (TPSA) is 42.7 Å². The number of thiazole rings is 1. The first-order chi connectivity index (χ1) is 8.93. The molecule has 0 spiro atoms. The second kappa shape index (κ2) is 5.01. The van der Waals surface area contributed by atoms with Crippen molar-refractivity contribution in [2.45, 2.75) is 6.54 Å². The first-order valence-electron chi connectivity index (χ1n) is 5.62. The van der Waals surface area contributed by atoms with E-state index in [-0.39, 0.29) is 0 Å². The largest absolute Gasteiger partial charge is 0.378 e. The number of anilines is 1. The van der Waals surface area contributed by atoms with Gasteiger partial charge in [-0.2, -0.15) is 0 Å². The number of nitrogens with zero attached hydrogens (tertiary/aromatic N) is 3. The van der Waals surface area contributed by atoms with Gasteiger partial charge in [-0.3, -0.25) is 0 Å². The van der Waals surface area contributed by atoms with Crippen molar-refractivity contribution in [1.29, 1.82) is 0 Å². The zero-order valence-corrected chi connectivity index (χ0v) is 10.5. The number of rotatable bonds is 4. The zero-order valence-electron chi connectivity index (χ0n) is 9.65. The van der Waals surface area contributed by atoms with Gasteiger partial charge in [-0.25, -0.2) is 9.97 Å². The minimum Gasteiger partial charge on any atom is -0.378 e. The van der Waals surface area contributed by atoms with E-state index < -0.39 is 0 Å². The highest BCUT2D eigenvalue weighted by atomic mass is 32.1. The van der Waals surface area contributed by atoms with Crippen LogP contribution in [0.3, 0.4) is 0 Å². The highest BCUT2D eigenvalue weighted by Crippen LogP contribution is 2.20. The van der Waals surface area contributed by atoms with Crippen LogP contribution in [0.1, 0.15) is 5.69 Å². The van der Waals surface area contributed by atoms with E-state index in [1.807, 2.05) is 33.8 Å². The van der Waals surface area contributed by atoms with Crippen LogP contribution in [0.15, 0.2) is 53.9 Å². The number of hydrogen-bond acceptors (Lipinski definition) is 4. The fourth-order valence-electron chi connectivity index (χ4n) is 1.76. The van der Waals surface area contributed by atoms with E-state index in [1.54, 1.807) is 23.9 Å². The van der Waals surface area contributed by atoms with Crippen molar-refractivity contribution in [2.24, 2.45) is 0 Å². The summed E-state index contributed by atoms with van der Waals surface area (Å²) in [6.45, 7) is 0.731. The van der Waals surface area contributed by atoms with Gasteiger partial charge in [0.2, 0.25) is 0 Å². The Morgan fingerprint density at radius 3 is 3.00 bits per heavy atom. The molecular weight excluding hydrogens is 244 g/mol. The van der Waals surface area contributed by atoms with Gasteiger partial charge >= 0.3 is 0 Å². The molecule has 90 valence electrons. The van der Waals surface area contributed by atoms with Gasteiger partial charge in [-0.15, -0.1) is 11.3 Å². The Morgan fingerprint density at radius 1 is 1.28 bits per heavy atom. The smallest absolute Gasteiger partial charge is 0.0992 e. The van der Waals surface area contributed by atoms with Gasteiger partial charge in [0.1, 0.15) is 0 Å². The highest BCUT2D eigenvalue weighted by Gasteiger charge is 2.03. The molecule has 0 saturated carbocycles. The van der Waals surface area contributed by atoms with Crippen LogP contribution >= 0.6 is 11.3 Å². The molecule has 0 aliphatic rings. The van der Waals surface area contributed by atoms with Crippen LogP contribution in [0, 0.1) is 0 Å². The zero-order chi connectivity index (χ0) is 12.2. The van der Waals surface area contributed by atoms with E-state index in [2.05, 4.69) is 27.4 Å². The standard InChI is InChI=1S/C13H12N4S/c1-2-4-13(17-6-5-14-9-17)12(3-1)15-7-11-8-18-10-16-11/h1-6,8-10,15H,7H2. The number of imidazole rings is 1. The van der Waals surface area contributed by atoms with Crippen molar-refractivity contribution in [3.8, 4) is 5.69 Å². The number of para-hydroxylation sites is 2.